The van der Waals surface area contributed by atoms with Gasteiger partial charge < -0.3 is 24.9 Å². The number of aromatic nitrogens is 1. The number of carboxylic acid groups (broad SMARTS) is 1. The van der Waals surface area contributed by atoms with Crippen LogP contribution in [0.4, 0.5) is 4.79 Å². The maximum atomic E-state index is 12.0. The van der Waals surface area contributed by atoms with Crippen molar-refractivity contribution in [2.75, 3.05) is 0 Å². The smallest absolute Gasteiger partial charge is 0.408 e. The highest BCUT2D eigenvalue weighted by Gasteiger charge is 2.25. The van der Waals surface area contributed by atoms with Crippen LogP contribution in [-0.4, -0.2) is 33.8 Å². The number of nitrogens with one attached hydrogen (secondary N) is 2. The molecule has 1 amide bonds. The minimum absolute atomic E-state index is 0.108. The van der Waals surface area contributed by atoms with Gasteiger partial charge in [-0.15, -0.1) is 0 Å². The van der Waals surface area contributed by atoms with Gasteiger partial charge >= 0.3 is 12.1 Å². The van der Waals surface area contributed by atoms with E-state index in [1.165, 1.54) is 0 Å². The fourth-order valence-corrected chi connectivity index (χ4v) is 3.03. The summed E-state index contributed by atoms with van der Waals surface area (Å²) < 4.78 is 11.1. The molecule has 3 rings (SSSR count). The van der Waals surface area contributed by atoms with Crippen molar-refractivity contribution < 1.29 is 24.2 Å². The minimum atomic E-state index is -1.13. The Hall–Kier alpha value is -3.48. The average molecular weight is 410 g/mol. The lowest BCUT2D eigenvalue weighted by atomic mass is 10.0. The first-order chi connectivity index (χ1) is 14.2. The van der Waals surface area contributed by atoms with Crippen LogP contribution in [0.5, 0.6) is 5.75 Å². The SMILES string of the molecule is CC(C)(C)OC(=O)N[C@@H](Cc1c[nH]c2ccc(OCc3ccccc3)cc12)C(=O)O. The molecule has 1 atom stereocenters. The monoisotopic (exact) mass is 410 g/mol. The van der Waals surface area contributed by atoms with E-state index in [9.17, 15) is 14.7 Å². The van der Waals surface area contributed by atoms with Crippen LogP contribution in [0.25, 0.3) is 10.9 Å². The molecule has 0 saturated carbocycles. The molecule has 0 radical (unpaired) electrons. The molecule has 30 heavy (non-hydrogen) atoms. The van der Waals surface area contributed by atoms with Gasteiger partial charge in [0.05, 0.1) is 0 Å². The van der Waals surface area contributed by atoms with E-state index in [-0.39, 0.29) is 6.42 Å². The number of carbonyl (C=O) groups is 2. The topological polar surface area (TPSA) is 101 Å². The standard InChI is InChI=1S/C23H26N2O5/c1-23(2,3)30-22(28)25-20(21(26)27)11-16-13-24-19-10-9-17(12-18(16)19)29-14-15-7-5-4-6-8-15/h4-10,12-13,20,24H,11,14H2,1-3H3,(H,25,28)(H,26,27)/t20-/m0/s1. The second kappa shape index (κ2) is 8.90. The molecule has 7 heteroatoms. The summed E-state index contributed by atoms with van der Waals surface area (Å²) in [6.45, 7) is 5.60. The van der Waals surface area contributed by atoms with E-state index in [2.05, 4.69) is 10.3 Å². The number of rotatable bonds is 7. The predicted octanol–water partition coefficient (Wildman–Crippen LogP) is 4.27. The molecule has 2 aromatic carbocycles. The predicted molar refractivity (Wildman–Crippen MR) is 114 cm³/mol. The molecule has 0 aliphatic carbocycles. The van der Waals surface area contributed by atoms with Gasteiger partial charge in [0.1, 0.15) is 24.0 Å². The molecule has 0 unspecified atom stereocenters. The molecular weight excluding hydrogens is 384 g/mol. The highest BCUT2D eigenvalue weighted by molar-refractivity contribution is 5.86. The number of aromatic amines is 1. The Morgan fingerprint density at radius 2 is 1.87 bits per heavy atom. The Balaban J connectivity index is 1.74. The fourth-order valence-electron chi connectivity index (χ4n) is 3.03. The van der Waals surface area contributed by atoms with Gasteiger partial charge in [0.25, 0.3) is 0 Å². The van der Waals surface area contributed by atoms with Crippen LogP contribution in [0.15, 0.2) is 54.7 Å². The number of benzene rings is 2. The van der Waals surface area contributed by atoms with E-state index >= 15 is 0 Å². The van der Waals surface area contributed by atoms with Crippen molar-refractivity contribution in [3.63, 3.8) is 0 Å². The zero-order valence-corrected chi connectivity index (χ0v) is 17.3. The second-order valence-corrected chi connectivity index (χ2v) is 8.04. The summed E-state index contributed by atoms with van der Waals surface area (Å²) in [5.74, 6) is -0.453. The Labute approximate surface area is 175 Å². The van der Waals surface area contributed by atoms with Crippen molar-refractivity contribution in [1.29, 1.82) is 0 Å². The van der Waals surface area contributed by atoms with E-state index in [4.69, 9.17) is 9.47 Å². The van der Waals surface area contributed by atoms with Crippen molar-refractivity contribution >= 4 is 23.0 Å². The molecule has 3 aromatic rings. The normalized spacial score (nSPS) is 12.4. The van der Waals surface area contributed by atoms with E-state index in [1.54, 1.807) is 27.0 Å². The molecule has 0 bridgehead atoms. The number of H-pyrrole nitrogens is 1. The number of fused-ring (bicyclic) bond motifs is 1. The first-order valence-electron chi connectivity index (χ1n) is 9.70. The van der Waals surface area contributed by atoms with Crippen LogP contribution in [-0.2, 0) is 22.6 Å². The van der Waals surface area contributed by atoms with Crippen molar-refractivity contribution in [2.24, 2.45) is 0 Å². The zero-order valence-electron chi connectivity index (χ0n) is 17.3. The molecule has 1 aromatic heterocycles. The molecule has 3 N–H and O–H groups in total. The number of hydrogen-bond donors (Lipinski definition) is 3. The van der Waals surface area contributed by atoms with Crippen LogP contribution >= 0.6 is 0 Å². The highest BCUT2D eigenvalue weighted by Crippen LogP contribution is 2.25. The minimum Gasteiger partial charge on any atom is -0.489 e. The zero-order chi connectivity index (χ0) is 21.7. The molecule has 0 aliphatic rings. The van der Waals surface area contributed by atoms with E-state index in [0.29, 0.717) is 12.4 Å². The third-order valence-corrected chi connectivity index (χ3v) is 4.40. The second-order valence-electron chi connectivity index (χ2n) is 8.04. The molecule has 0 fully saturated rings. The molecule has 1 heterocycles. The molecular formula is C23H26N2O5. The van der Waals surface area contributed by atoms with Crippen LogP contribution < -0.4 is 10.1 Å². The van der Waals surface area contributed by atoms with Gasteiger partial charge in [0.2, 0.25) is 0 Å². The number of hydrogen-bond acceptors (Lipinski definition) is 4. The molecule has 7 nitrogen and oxygen atoms in total. The van der Waals surface area contributed by atoms with Crippen molar-refractivity contribution in [1.82, 2.24) is 10.3 Å². The number of aliphatic carboxylic acids is 1. The molecule has 0 saturated heterocycles. The molecule has 0 spiro atoms. The third-order valence-electron chi connectivity index (χ3n) is 4.40. The van der Waals surface area contributed by atoms with Gasteiger partial charge in [-0.05, 0) is 50.1 Å². The Kier molecular flexibility index (Phi) is 6.30. The number of carboxylic acids is 1. The van der Waals surface area contributed by atoms with Gasteiger partial charge in [-0.3, -0.25) is 0 Å². The van der Waals surface area contributed by atoms with E-state index < -0.39 is 23.7 Å². The lowest BCUT2D eigenvalue weighted by molar-refractivity contribution is -0.139. The molecule has 0 aliphatic heterocycles. The summed E-state index contributed by atoms with van der Waals surface area (Å²) in [5, 5.41) is 12.8. The van der Waals surface area contributed by atoms with Crippen LogP contribution in [0.3, 0.4) is 0 Å². The summed E-state index contributed by atoms with van der Waals surface area (Å²) in [7, 11) is 0. The quantitative estimate of drug-likeness (QED) is 0.540. The van der Waals surface area contributed by atoms with E-state index in [0.717, 1.165) is 22.0 Å². The van der Waals surface area contributed by atoms with Crippen LogP contribution in [0.1, 0.15) is 31.9 Å². The van der Waals surface area contributed by atoms with Gasteiger partial charge in [-0.25, -0.2) is 9.59 Å². The lowest BCUT2D eigenvalue weighted by Crippen LogP contribution is -2.44. The summed E-state index contributed by atoms with van der Waals surface area (Å²) in [6, 6.07) is 14.3. The molecule has 158 valence electrons. The third kappa shape index (κ3) is 5.76. The Morgan fingerprint density at radius 1 is 1.13 bits per heavy atom. The average Bonchev–Trinajstić information content (AvgIpc) is 3.07. The van der Waals surface area contributed by atoms with Gasteiger partial charge in [-0.2, -0.15) is 0 Å². The maximum absolute atomic E-state index is 12.0. The summed E-state index contributed by atoms with van der Waals surface area (Å²) >= 11 is 0. The van der Waals surface area contributed by atoms with Crippen LogP contribution in [0.2, 0.25) is 0 Å². The van der Waals surface area contributed by atoms with Crippen LogP contribution in [0, 0.1) is 0 Å². The summed E-state index contributed by atoms with van der Waals surface area (Å²) in [4.78, 5) is 26.8. The highest BCUT2D eigenvalue weighted by atomic mass is 16.6. The number of carbonyl (C=O) groups excluding carboxylic acids is 1. The first-order valence-corrected chi connectivity index (χ1v) is 9.70. The summed E-state index contributed by atoms with van der Waals surface area (Å²) in [6.07, 6.45) is 1.09. The number of alkyl carbamates (subject to hydrolysis) is 1. The lowest BCUT2D eigenvalue weighted by Gasteiger charge is -2.22. The maximum Gasteiger partial charge on any atom is 0.408 e. The van der Waals surface area contributed by atoms with Crippen molar-refractivity contribution in [3.05, 3.63) is 65.9 Å². The van der Waals surface area contributed by atoms with Crippen molar-refractivity contribution in [3.8, 4) is 5.75 Å². The first kappa shape index (κ1) is 21.2. The van der Waals surface area contributed by atoms with Crippen molar-refractivity contribution in [2.45, 2.75) is 45.4 Å². The van der Waals surface area contributed by atoms with E-state index in [1.807, 2.05) is 48.5 Å². The Morgan fingerprint density at radius 3 is 2.53 bits per heavy atom. The van der Waals surface area contributed by atoms with Gasteiger partial charge in [0, 0.05) is 23.5 Å². The fraction of sp³-hybridized carbons (Fsp3) is 0.304. The number of amides is 1. The number of ether oxygens (including phenoxy) is 2. The van der Waals surface area contributed by atoms with Gasteiger partial charge in [-0.1, -0.05) is 30.3 Å². The summed E-state index contributed by atoms with van der Waals surface area (Å²) in [5.41, 5.74) is 1.97. The Bertz CT molecular complexity index is 1020. The largest absolute Gasteiger partial charge is 0.489 e. The van der Waals surface area contributed by atoms with Gasteiger partial charge in [0.15, 0.2) is 0 Å².